The van der Waals surface area contributed by atoms with Crippen molar-refractivity contribution in [3.63, 3.8) is 0 Å². The Morgan fingerprint density at radius 3 is 1.59 bits per heavy atom. The maximum absolute atomic E-state index is 11.6. The molecule has 3 N–H and O–H groups in total. The molecule has 15 heteroatoms. The molecule has 2 heterocycles. The molecular weight excluding hydrogens is 594 g/mol. The van der Waals surface area contributed by atoms with Crippen LogP contribution in [0.25, 0.3) is 0 Å². The predicted molar refractivity (Wildman–Crippen MR) is 163 cm³/mol. The Balaban J connectivity index is 0.000000447. The number of amides is 7. The zero-order chi connectivity index (χ0) is 33.1. The second kappa shape index (κ2) is 20.8. The Hall–Kier alpha value is -4.01. The molecule has 0 spiro atoms. The van der Waals surface area contributed by atoms with E-state index < -0.39 is 11.8 Å². The summed E-state index contributed by atoms with van der Waals surface area (Å²) in [6, 6.07) is 0. The number of thioether (sulfide) groups is 1. The summed E-state index contributed by atoms with van der Waals surface area (Å²) in [6.45, 7) is 8.94. The normalized spacial score (nSPS) is 13.9. The molecule has 44 heavy (non-hydrogen) atoms. The SMILES string of the molecule is CC(C)C(=O)NCCNC(=O)CCN1C(=O)C=CC1=O.CC(C)C(=O)OCCCSCCNC(=O)CCN1C(=O)C=CC1=O. The highest BCUT2D eigenvalue weighted by Crippen LogP contribution is 2.06. The topological polar surface area (TPSA) is 188 Å². The maximum Gasteiger partial charge on any atom is 0.308 e. The van der Waals surface area contributed by atoms with Gasteiger partial charge in [-0.3, -0.25) is 48.2 Å². The first-order chi connectivity index (χ1) is 20.8. The third kappa shape index (κ3) is 15.5. The minimum absolute atomic E-state index is 0.0529. The van der Waals surface area contributed by atoms with Gasteiger partial charge >= 0.3 is 5.97 Å². The van der Waals surface area contributed by atoms with Crippen molar-refractivity contribution < 1.29 is 43.1 Å². The highest BCUT2D eigenvalue weighted by atomic mass is 32.2. The average Bonchev–Trinajstić information content (AvgIpc) is 3.48. The Labute approximate surface area is 261 Å². The maximum atomic E-state index is 11.6. The zero-order valence-corrected chi connectivity index (χ0v) is 26.5. The van der Waals surface area contributed by atoms with Crippen molar-refractivity contribution in [2.24, 2.45) is 11.8 Å². The Kier molecular flexibility index (Phi) is 18.0. The molecule has 7 amide bonds. The van der Waals surface area contributed by atoms with Crippen molar-refractivity contribution in [3.05, 3.63) is 24.3 Å². The van der Waals surface area contributed by atoms with Crippen molar-refractivity contribution in [1.82, 2.24) is 25.8 Å². The van der Waals surface area contributed by atoms with Crippen molar-refractivity contribution in [2.75, 3.05) is 50.8 Å². The van der Waals surface area contributed by atoms with Gasteiger partial charge in [-0.05, 0) is 12.2 Å². The largest absolute Gasteiger partial charge is 0.465 e. The molecule has 14 nitrogen and oxygen atoms in total. The number of rotatable bonds is 18. The molecule has 0 aromatic heterocycles. The fourth-order valence-electron chi connectivity index (χ4n) is 3.36. The smallest absolute Gasteiger partial charge is 0.308 e. The van der Waals surface area contributed by atoms with Crippen LogP contribution in [0.5, 0.6) is 0 Å². The van der Waals surface area contributed by atoms with Gasteiger partial charge in [0.05, 0.1) is 12.5 Å². The van der Waals surface area contributed by atoms with Gasteiger partial charge in [-0.2, -0.15) is 11.8 Å². The monoisotopic (exact) mass is 637 g/mol. The van der Waals surface area contributed by atoms with Crippen LogP contribution in [-0.4, -0.2) is 108 Å². The molecule has 0 saturated heterocycles. The van der Waals surface area contributed by atoms with Gasteiger partial charge in [-0.25, -0.2) is 0 Å². The van der Waals surface area contributed by atoms with Crippen LogP contribution in [0.1, 0.15) is 47.0 Å². The van der Waals surface area contributed by atoms with Crippen molar-refractivity contribution in [2.45, 2.75) is 47.0 Å². The van der Waals surface area contributed by atoms with Gasteiger partial charge in [0.15, 0.2) is 0 Å². The standard InChI is InChI=1S/C16H24N2O5S.C13H19N3O4/c1-12(2)16(22)23-9-3-10-24-11-7-17-13(19)6-8-18-14(20)4-5-15(18)21;1-9(2)13(20)15-7-6-14-10(17)5-8-16-11(18)3-4-12(16)19/h4-5,12H,3,6-11H2,1-2H3,(H,17,19);3-4,9H,5-8H2,1-2H3,(H,14,17)(H,15,20). The minimum Gasteiger partial charge on any atom is -0.465 e. The summed E-state index contributed by atoms with van der Waals surface area (Å²) < 4.78 is 5.06. The number of hydrogen-bond acceptors (Lipinski definition) is 10. The fraction of sp³-hybridized carbons (Fsp3) is 0.586. The lowest BCUT2D eigenvalue weighted by Gasteiger charge is -2.13. The van der Waals surface area contributed by atoms with Gasteiger partial charge < -0.3 is 20.7 Å². The summed E-state index contributed by atoms with van der Waals surface area (Å²) in [7, 11) is 0. The van der Waals surface area contributed by atoms with E-state index in [-0.39, 0.29) is 73.3 Å². The molecule has 2 aliphatic heterocycles. The number of nitrogens with one attached hydrogen (secondary N) is 3. The van der Waals surface area contributed by atoms with Crippen LogP contribution in [0.2, 0.25) is 0 Å². The molecule has 2 aliphatic rings. The third-order valence-corrected chi connectivity index (χ3v) is 6.98. The summed E-state index contributed by atoms with van der Waals surface area (Å²) in [4.78, 5) is 92.8. The first kappa shape index (κ1) is 38.0. The van der Waals surface area contributed by atoms with E-state index in [1.54, 1.807) is 39.5 Å². The first-order valence-electron chi connectivity index (χ1n) is 14.5. The van der Waals surface area contributed by atoms with Gasteiger partial charge in [0.1, 0.15) is 0 Å². The Morgan fingerprint density at radius 2 is 1.14 bits per heavy atom. The number of hydrogen-bond donors (Lipinski definition) is 3. The first-order valence-corrected chi connectivity index (χ1v) is 15.6. The highest BCUT2D eigenvalue weighted by molar-refractivity contribution is 7.99. The summed E-state index contributed by atoms with van der Waals surface area (Å²) in [5, 5.41) is 8.02. The van der Waals surface area contributed by atoms with E-state index in [1.807, 2.05) is 0 Å². The number of ether oxygens (including phenoxy) is 1. The number of nitrogens with zero attached hydrogens (tertiary/aromatic N) is 2. The fourth-order valence-corrected chi connectivity index (χ4v) is 4.14. The van der Waals surface area contributed by atoms with E-state index >= 15 is 0 Å². The molecule has 0 unspecified atom stereocenters. The summed E-state index contributed by atoms with van der Waals surface area (Å²) in [6.07, 6.45) is 5.71. The van der Waals surface area contributed by atoms with Gasteiger partial charge in [0.2, 0.25) is 17.7 Å². The third-order valence-electron chi connectivity index (χ3n) is 5.91. The van der Waals surface area contributed by atoms with Gasteiger partial charge in [-0.15, -0.1) is 0 Å². The molecule has 0 aromatic rings. The van der Waals surface area contributed by atoms with Crippen LogP contribution in [0.4, 0.5) is 0 Å². The number of esters is 1. The second-order valence-corrected chi connectivity index (χ2v) is 11.5. The zero-order valence-electron chi connectivity index (χ0n) is 25.7. The summed E-state index contributed by atoms with van der Waals surface area (Å²) >= 11 is 1.66. The van der Waals surface area contributed by atoms with E-state index in [9.17, 15) is 38.4 Å². The van der Waals surface area contributed by atoms with Crippen molar-refractivity contribution in [1.29, 1.82) is 0 Å². The van der Waals surface area contributed by atoms with Crippen LogP contribution in [-0.2, 0) is 43.1 Å². The molecule has 0 fully saturated rings. The molecular formula is C29H43N5O9S. The number of imide groups is 2. The van der Waals surface area contributed by atoms with E-state index in [4.69, 9.17) is 4.74 Å². The number of carbonyl (C=O) groups is 8. The molecule has 2 rings (SSSR count). The van der Waals surface area contributed by atoms with Crippen LogP contribution >= 0.6 is 11.8 Å². The lowest BCUT2D eigenvalue weighted by molar-refractivity contribution is -0.147. The highest BCUT2D eigenvalue weighted by Gasteiger charge is 2.24. The molecule has 0 atom stereocenters. The molecule has 0 radical (unpaired) electrons. The lowest BCUT2D eigenvalue weighted by atomic mass is 10.2. The van der Waals surface area contributed by atoms with Crippen LogP contribution in [0, 0.1) is 11.8 Å². The minimum atomic E-state index is -0.396. The predicted octanol–water partition coefficient (Wildman–Crippen LogP) is -0.0699. The molecule has 0 aromatic carbocycles. The van der Waals surface area contributed by atoms with Gasteiger partial charge in [0, 0.05) is 81.5 Å². The van der Waals surface area contributed by atoms with E-state index in [0.29, 0.717) is 26.2 Å². The average molecular weight is 638 g/mol. The van der Waals surface area contributed by atoms with Crippen molar-refractivity contribution in [3.8, 4) is 0 Å². The van der Waals surface area contributed by atoms with Crippen LogP contribution < -0.4 is 16.0 Å². The summed E-state index contributed by atoms with van der Waals surface area (Å²) in [5.74, 6) is -0.833. The van der Waals surface area contributed by atoms with E-state index in [0.717, 1.165) is 27.7 Å². The quantitative estimate of drug-likeness (QED) is 0.104. The summed E-state index contributed by atoms with van der Waals surface area (Å²) in [5.41, 5.74) is 0. The van der Waals surface area contributed by atoms with Crippen molar-refractivity contribution >= 4 is 59.1 Å². The second-order valence-electron chi connectivity index (χ2n) is 10.3. The van der Waals surface area contributed by atoms with Gasteiger partial charge in [0.25, 0.3) is 23.6 Å². The number of carbonyl (C=O) groups excluding carboxylic acids is 8. The Morgan fingerprint density at radius 1 is 0.682 bits per heavy atom. The van der Waals surface area contributed by atoms with Crippen LogP contribution in [0.15, 0.2) is 24.3 Å². The molecule has 244 valence electrons. The van der Waals surface area contributed by atoms with Gasteiger partial charge in [-0.1, -0.05) is 27.7 Å². The van der Waals surface area contributed by atoms with E-state index in [2.05, 4.69) is 16.0 Å². The Bertz CT molecular complexity index is 1080. The van der Waals surface area contributed by atoms with Crippen LogP contribution in [0.3, 0.4) is 0 Å². The molecule has 0 saturated carbocycles. The lowest BCUT2D eigenvalue weighted by Crippen LogP contribution is -2.38. The molecule has 0 aliphatic carbocycles. The van der Waals surface area contributed by atoms with E-state index in [1.165, 1.54) is 24.3 Å². The molecule has 0 bridgehead atoms.